The SMILES string of the molecule is Cc1nc2nnc(C(=O)c3ccc(F)cc3)c(C)n2n1. The molecule has 0 saturated carbocycles. The Balaban J connectivity index is 2.11. The number of aromatic nitrogens is 5. The summed E-state index contributed by atoms with van der Waals surface area (Å²) in [6.07, 6.45) is 0. The summed E-state index contributed by atoms with van der Waals surface area (Å²) in [4.78, 5) is 16.4. The molecule has 2 heterocycles. The molecule has 0 N–H and O–H groups in total. The highest BCUT2D eigenvalue weighted by Crippen LogP contribution is 2.12. The second-order valence-electron chi connectivity index (χ2n) is 4.34. The third-order valence-corrected chi connectivity index (χ3v) is 2.92. The number of rotatable bonds is 2. The molecule has 2 aromatic heterocycles. The predicted molar refractivity (Wildman–Crippen MR) is 67.9 cm³/mol. The molecule has 3 rings (SSSR count). The Kier molecular flexibility index (Phi) is 2.74. The molecule has 0 fully saturated rings. The fourth-order valence-electron chi connectivity index (χ4n) is 1.91. The molecule has 0 aliphatic carbocycles. The zero-order valence-electron chi connectivity index (χ0n) is 10.8. The fourth-order valence-corrected chi connectivity index (χ4v) is 1.91. The van der Waals surface area contributed by atoms with Crippen LogP contribution in [0.4, 0.5) is 4.39 Å². The van der Waals surface area contributed by atoms with Gasteiger partial charge in [-0.25, -0.2) is 4.39 Å². The van der Waals surface area contributed by atoms with E-state index < -0.39 is 5.82 Å². The first-order chi connectivity index (χ1) is 9.56. The van der Waals surface area contributed by atoms with Crippen LogP contribution in [-0.4, -0.2) is 30.6 Å². The van der Waals surface area contributed by atoms with E-state index in [1.807, 2.05) is 0 Å². The third-order valence-electron chi connectivity index (χ3n) is 2.92. The lowest BCUT2D eigenvalue weighted by atomic mass is 10.1. The third kappa shape index (κ3) is 1.93. The summed E-state index contributed by atoms with van der Waals surface area (Å²) < 4.78 is 14.4. The lowest BCUT2D eigenvalue weighted by molar-refractivity contribution is 0.103. The van der Waals surface area contributed by atoms with E-state index in [4.69, 9.17) is 0 Å². The molecule has 20 heavy (non-hydrogen) atoms. The number of carbonyl (C=O) groups is 1. The van der Waals surface area contributed by atoms with Crippen molar-refractivity contribution in [3.63, 3.8) is 0 Å². The highest BCUT2D eigenvalue weighted by atomic mass is 19.1. The average molecular weight is 271 g/mol. The first kappa shape index (κ1) is 12.3. The maximum atomic E-state index is 12.9. The second kappa shape index (κ2) is 4.44. The minimum Gasteiger partial charge on any atom is -0.287 e. The van der Waals surface area contributed by atoms with Gasteiger partial charge in [0.1, 0.15) is 11.6 Å². The molecule has 0 aliphatic heterocycles. The number of halogens is 1. The summed E-state index contributed by atoms with van der Waals surface area (Å²) in [6, 6.07) is 5.29. The van der Waals surface area contributed by atoms with E-state index in [0.717, 1.165) is 0 Å². The van der Waals surface area contributed by atoms with E-state index >= 15 is 0 Å². The summed E-state index contributed by atoms with van der Waals surface area (Å²) in [5.41, 5.74) is 1.07. The van der Waals surface area contributed by atoms with Crippen LogP contribution < -0.4 is 0 Å². The quantitative estimate of drug-likeness (QED) is 0.660. The summed E-state index contributed by atoms with van der Waals surface area (Å²) in [5.74, 6) is 0.168. The Morgan fingerprint density at radius 3 is 2.55 bits per heavy atom. The molecule has 0 amide bonds. The monoisotopic (exact) mass is 271 g/mol. The molecule has 0 atom stereocenters. The van der Waals surface area contributed by atoms with Gasteiger partial charge in [-0.2, -0.15) is 9.50 Å². The molecule has 6 nitrogen and oxygen atoms in total. The van der Waals surface area contributed by atoms with Gasteiger partial charge in [0.05, 0.1) is 5.69 Å². The van der Waals surface area contributed by atoms with Crippen LogP contribution in [0.5, 0.6) is 0 Å². The van der Waals surface area contributed by atoms with Crippen molar-refractivity contribution < 1.29 is 9.18 Å². The Morgan fingerprint density at radius 2 is 1.85 bits per heavy atom. The number of fused-ring (bicyclic) bond motifs is 1. The topological polar surface area (TPSA) is 73.0 Å². The number of carbonyl (C=O) groups excluding carboxylic acids is 1. The highest BCUT2D eigenvalue weighted by Gasteiger charge is 2.18. The van der Waals surface area contributed by atoms with E-state index in [9.17, 15) is 9.18 Å². The molecule has 0 unspecified atom stereocenters. The summed E-state index contributed by atoms with van der Waals surface area (Å²) in [5, 5.41) is 11.9. The zero-order chi connectivity index (χ0) is 14.3. The van der Waals surface area contributed by atoms with Crippen molar-refractivity contribution in [1.29, 1.82) is 0 Å². The van der Waals surface area contributed by atoms with Gasteiger partial charge in [-0.05, 0) is 38.1 Å². The standard InChI is InChI=1S/C13H10FN5O/c1-7-11(12(20)9-3-5-10(14)6-4-9)16-17-13-15-8(2)18-19(7)13/h3-6H,1-2H3. The van der Waals surface area contributed by atoms with E-state index in [-0.39, 0.29) is 11.5 Å². The van der Waals surface area contributed by atoms with Gasteiger partial charge in [-0.15, -0.1) is 15.3 Å². The molecular weight excluding hydrogens is 261 g/mol. The van der Waals surface area contributed by atoms with Crippen molar-refractivity contribution in [3.8, 4) is 0 Å². The van der Waals surface area contributed by atoms with Gasteiger partial charge in [-0.1, -0.05) is 0 Å². The van der Waals surface area contributed by atoms with Gasteiger partial charge in [0.2, 0.25) is 5.78 Å². The highest BCUT2D eigenvalue weighted by molar-refractivity contribution is 6.08. The largest absolute Gasteiger partial charge is 0.287 e. The molecular formula is C13H10FN5O. The number of hydrogen-bond donors (Lipinski definition) is 0. The van der Waals surface area contributed by atoms with Crippen LogP contribution in [0.2, 0.25) is 0 Å². The van der Waals surface area contributed by atoms with Crippen molar-refractivity contribution in [2.45, 2.75) is 13.8 Å². The molecule has 0 saturated heterocycles. The van der Waals surface area contributed by atoms with Gasteiger partial charge < -0.3 is 0 Å². The number of aryl methyl sites for hydroxylation is 2. The lowest BCUT2D eigenvalue weighted by Gasteiger charge is -2.04. The van der Waals surface area contributed by atoms with Crippen LogP contribution in [-0.2, 0) is 0 Å². The summed E-state index contributed by atoms with van der Waals surface area (Å²) in [6.45, 7) is 3.45. The first-order valence-electron chi connectivity index (χ1n) is 5.93. The van der Waals surface area contributed by atoms with E-state index in [2.05, 4.69) is 20.3 Å². The molecule has 3 aromatic rings. The molecule has 7 heteroatoms. The van der Waals surface area contributed by atoms with Crippen molar-refractivity contribution in [2.75, 3.05) is 0 Å². The van der Waals surface area contributed by atoms with Crippen LogP contribution >= 0.6 is 0 Å². The maximum absolute atomic E-state index is 12.9. The number of nitrogens with zero attached hydrogens (tertiary/aromatic N) is 5. The molecule has 0 aliphatic rings. The van der Waals surface area contributed by atoms with Gasteiger partial charge in [0.25, 0.3) is 5.78 Å². The van der Waals surface area contributed by atoms with Crippen LogP contribution in [0.15, 0.2) is 24.3 Å². The van der Waals surface area contributed by atoms with Crippen LogP contribution in [0.1, 0.15) is 27.6 Å². The molecule has 0 spiro atoms. The maximum Gasteiger partial charge on any atom is 0.272 e. The van der Waals surface area contributed by atoms with Crippen LogP contribution in [0, 0.1) is 19.7 Å². The van der Waals surface area contributed by atoms with E-state index in [0.29, 0.717) is 22.9 Å². The Morgan fingerprint density at radius 1 is 1.15 bits per heavy atom. The van der Waals surface area contributed by atoms with Gasteiger partial charge >= 0.3 is 0 Å². The molecule has 0 bridgehead atoms. The van der Waals surface area contributed by atoms with Gasteiger partial charge in [0.15, 0.2) is 5.69 Å². The van der Waals surface area contributed by atoms with Crippen LogP contribution in [0.25, 0.3) is 5.78 Å². The second-order valence-corrected chi connectivity index (χ2v) is 4.34. The average Bonchev–Trinajstić information content (AvgIpc) is 2.81. The Hall–Kier alpha value is -2.70. The summed E-state index contributed by atoms with van der Waals surface area (Å²) >= 11 is 0. The summed E-state index contributed by atoms with van der Waals surface area (Å²) in [7, 11) is 0. The zero-order valence-corrected chi connectivity index (χ0v) is 10.8. The lowest BCUT2D eigenvalue weighted by Crippen LogP contribution is -2.12. The van der Waals surface area contributed by atoms with E-state index in [1.165, 1.54) is 28.8 Å². The Bertz CT molecular complexity index is 809. The normalized spacial score (nSPS) is 10.9. The molecule has 0 radical (unpaired) electrons. The Labute approximate surface area is 113 Å². The number of ketones is 1. The minimum absolute atomic E-state index is 0.175. The first-order valence-corrected chi connectivity index (χ1v) is 5.93. The fraction of sp³-hybridized carbons (Fsp3) is 0.154. The van der Waals surface area contributed by atoms with Crippen molar-refractivity contribution in [3.05, 3.63) is 52.9 Å². The number of benzene rings is 1. The number of hydrogen-bond acceptors (Lipinski definition) is 5. The smallest absolute Gasteiger partial charge is 0.272 e. The minimum atomic E-state index is -0.397. The molecule has 1 aromatic carbocycles. The van der Waals surface area contributed by atoms with Crippen molar-refractivity contribution in [1.82, 2.24) is 24.8 Å². The predicted octanol–water partition coefficient (Wildman–Crippen LogP) is 1.51. The van der Waals surface area contributed by atoms with Gasteiger partial charge in [0, 0.05) is 5.56 Å². The van der Waals surface area contributed by atoms with E-state index in [1.54, 1.807) is 13.8 Å². The molecule has 100 valence electrons. The van der Waals surface area contributed by atoms with Gasteiger partial charge in [-0.3, -0.25) is 4.79 Å². The van der Waals surface area contributed by atoms with Crippen LogP contribution in [0.3, 0.4) is 0 Å². The van der Waals surface area contributed by atoms with Crippen molar-refractivity contribution in [2.24, 2.45) is 0 Å². The van der Waals surface area contributed by atoms with Crippen molar-refractivity contribution >= 4 is 11.6 Å².